The van der Waals surface area contributed by atoms with Crippen LogP contribution >= 0.6 is 0 Å². The Hall–Kier alpha value is -0.890. The molecule has 1 N–H and O–H groups in total. The number of hydrogen-bond acceptors (Lipinski definition) is 1. The van der Waals surface area contributed by atoms with Gasteiger partial charge in [0.25, 0.3) is 0 Å². The third-order valence-corrected chi connectivity index (χ3v) is 4.01. The number of hydrogen-bond donors (Lipinski definition) is 1. The molecule has 2 bridgehead atoms. The lowest BCUT2D eigenvalue weighted by Crippen LogP contribution is -2.44. The second kappa shape index (κ2) is 3.56. The molecule has 2 aliphatic rings. The first-order valence-electron chi connectivity index (χ1n) is 6.18. The number of fused-ring (bicyclic) bond motifs is 2. The molecule has 86 valence electrons. The first-order valence-corrected chi connectivity index (χ1v) is 6.18. The van der Waals surface area contributed by atoms with E-state index in [2.05, 4.69) is 5.32 Å². The van der Waals surface area contributed by atoms with E-state index in [1.54, 1.807) is 0 Å². The van der Waals surface area contributed by atoms with Crippen molar-refractivity contribution in [3.63, 3.8) is 0 Å². The molecule has 2 heteroatoms. The molecule has 2 heterocycles. The zero-order valence-electron chi connectivity index (χ0n) is 9.67. The molecule has 0 aromatic heterocycles. The van der Waals surface area contributed by atoms with Crippen LogP contribution in [0.1, 0.15) is 36.8 Å². The third-order valence-electron chi connectivity index (χ3n) is 4.01. The highest BCUT2D eigenvalue weighted by Crippen LogP contribution is 2.43. The number of alkyl halides is 1. The molecule has 2 atom stereocenters. The number of halogens is 1. The predicted molar refractivity (Wildman–Crippen MR) is 63.1 cm³/mol. The average Bonchev–Trinajstić information content (AvgIpc) is 2.59. The molecule has 0 amide bonds. The van der Waals surface area contributed by atoms with E-state index in [0.717, 1.165) is 24.0 Å². The normalized spacial score (nSPS) is 37.6. The number of nitrogens with one attached hydrogen (secondary N) is 1. The maximum Gasteiger partial charge on any atom is 0.139 e. The van der Waals surface area contributed by atoms with Gasteiger partial charge in [0, 0.05) is 24.9 Å². The van der Waals surface area contributed by atoms with Crippen LogP contribution in [-0.2, 0) is 5.67 Å². The molecule has 2 unspecified atom stereocenters. The van der Waals surface area contributed by atoms with E-state index in [1.165, 1.54) is 0 Å². The van der Waals surface area contributed by atoms with Crippen LogP contribution in [0.2, 0.25) is 0 Å². The lowest BCUT2D eigenvalue weighted by molar-refractivity contribution is 0.0873. The first-order chi connectivity index (χ1) is 7.66. The van der Waals surface area contributed by atoms with Crippen molar-refractivity contribution in [2.24, 2.45) is 0 Å². The summed E-state index contributed by atoms with van der Waals surface area (Å²) >= 11 is 0. The van der Waals surface area contributed by atoms with E-state index >= 15 is 0 Å². The van der Waals surface area contributed by atoms with E-state index in [9.17, 15) is 4.39 Å². The summed E-state index contributed by atoms with van der Waals surface area (Å²) < 4.78 is 15.0. The van der Waals surface area contributed by atoms with Gasteiger partial charge in [-0.05, 0) is 25.3 Å². The number of benzene rings is 1. The van der Waals surface area contributed by atoms with Crippen molar-refractivity contribution in [1.82, 2.24) is 5.32 Å². The van der Waals surface area contributed by atoms with E-state index in [-0.39, 0.29) is 0 Å². The minimum Gasteiger partial charge on any atom is -0.311 e. The van der Waals surface area contributed by atoms with E-state index in [4.69, 9.17) is 0 Å². The molecule has 1 nitrogen and oxygen atoms in total. The lowest BCUT2D eigenvalue weighted by Gasteiger charge is -2.35. The third kappa shape index (κ3) is 1.65. The van der Waals surface area contributed by atoms with E-state index < -0.39 is 5.67 Å². The molecule has 2 aliphatic heterocycles. The fraction of sp³-hybridized carbons (Fsp3) is 0.571. The van der Waals surface area contributed by atoms with Crippen LogP contribution in [0.5, 0.6) is 0 Å². The Morgan fingerprint density at radius 1 is 1.25 bits per heavy atom. The van der Waals surface area contributed by atoms with Gasteiger partial charge >= 0.3 is 0 Å². The quantitative estimate of drug-likeness (QED) is 0.765. The SMILES string of the molecule is Cc1cccc(C2(F)CC3CCC(C2)N3)c1. The molecule has 2 saturated heterocycles. The van der Waals surface area contributed by atoms with Gasteiger partial charge in [-0.2, -0.15) is 0 Å². The van der Waals surface area contributed by atoms with Crippen molar-refractivity contribution in [2.75, 3.05) is 0 Å². The van der Waals surface area contributed by atoms with Crippen LogP contribution in [0.15, 0.2) is 24.3 Å². The lowest BCUT2D eigenvalue weighted by atomic mass is 9.83. The summed E-state index contributed by atoms with van der Waals surface area (Å²) in [7, 11) is 0. The Balaban J connectivity index is 1.93. The van der Waals surface area contributed by atoms with E-state index in [1.807, 2.05) is 31.2 Å². The van der Waals surface area contributed by atoms with Crippen molar-refractivity contribution in [2.45, 2.75) is 50.4 Å². The van der Waals surface area contributed by atoms with Crippen LogP contribution in [-0.4, -0.2) is 12.1 Å². The van der Waals surface area contributed by atoms with Crippen LogP contribution < -0.4 is 5.32 Å². The van der Waals surface area contributed by atoms with Gasteiger partial charge in [0.1, 0.15) is 5.67 Å². The molecule has 3 rings (SSSR count). The van der Waals surface area contributed by atoms with Gasteiger partial charge in [-0.15, -0.1) is 0 Å². The highest BCUT2D eigenvalue weighted by molar-refractivity contribution is 5.29. The smallest absolute Gasteiger partial charge is 0.139 e. The minimum absolute atomic E-state index is 0.393. The Bertz CT molecular complexity index is 389. The molecule has 0 spiro atoms. The molecule has 0 radical (unpaired) electrons. The molecule has 1 aromatic carbocycles. The monoisotopic (exact) mass is 219 g/mol. The van der Waals surface area contributed by atoms with Gasteiger partial charge in [-0.3, -0.25) is 0 Å². The molecule has 1 aromatic rings. The molecule has 2 fully saturated rings. The van der Waals surface area contributed by atoms with Gasteiger partial charge in [0.15, 0.2) is 0 Å². The fourth-order valence-corrected chi connectivity index (χ4v) is 3.25. The highest BCUT2D eigenvalue weighted by Gasteiger charge is 2.44. The number of rotatable bonds is 1. The Labute approximate surface area is 96.1 Å². The topological polar surface area (TPSA) is 12.0 Å². The fourth-order valence-electron chi connectivity index (χ4n) is 3.25. The predicted octanol–water partition coefficient (Wildman–Crippen LogP) is 3.07. The van der Waals surface area contributed by atoms with Gasteiger partial charge in [0.2, 0.25) is 0 Å². The Kier molecular flexibility index (Phi) is 2.28. The summed E-state index contributed by atoms with van der Waals surface area (Å²) in [6.45, 7) is 2.03. The molecular formula is C14H18FN. The van der Waals surface area contributed by atoms with Crippen molar-refractivity contribution < 1.29 is 4.39 Å². The van der Waals surface area contributed by atoms with Crippen molar-refractivity contribution >= 4 is 0 Å². The van der Waals surface area contributed by atoms with Crippen molar-refractivity contribution in [3.05, 3.63) is 35.4 Å². The molecule has 0 aliphatic carbocycles. The Morgan fingerprint density at radius 3 is 2.56 bits per heavy atom. The summed E-state index contributed by atoms with van der Waals surface area (Å²) in [6, 6.07) is 8.73. The first kappa shape index (κ1) is 10.3. The maximum atomic E-state index is 15.0. The second-order valence-electron chi connectivity index (χ2n) is 5.38. The highest BCUT2D eigenvalue weighted by atomic mass is 19.1. The van der Waals surface area contributed by atoms with Crippen molar-refractivity contribution in [3.8, 4) is 0 Å². The number of aryl methyl sites for hydroxylation is 1. The average molecular weight is 219 g/mol. The summed E-state index contributed by atoms with van der Waals surface area (Å²) in [4.78, 5) is 0. The number of piperidine rings is 1. The molecule has 0 saturated carbocycles. The van der Waals surface area contributed by atoms with Crippen LogP contribution in [0.4, 0.5) is 4.39 Å². The van der Waals surface area contributed by atoms with Gasteiger partial charge in [-0.25, -0.2) is 4.39 Å². The summed E-state index contributed by atoms with van der Waals surface area (Å²) in [5.41, 5.74) is 0.939. The van der Waals surface area contributed by atoms with Crippen LogP contribution in [0.25, 0.3) is 0 Å². The van der Waals surface area contributed by atoms with Crippen LogP contribution in [0.3, 0.4) is 0 Å². The standard InChI is InChI=1S/C14H18FN/c1-10-3-2-4-11(7-10)14(15)8-12-5-6-13(9-14)16-12/h2-4,7,12-13,16H,5-6,8-9H2,1H3. The summed E-state index contributed by atoms with van der Waals surface area (Å²) in [6.07, 6.45) is 3.57. The minimum atomic E-state index is -1.09. The van der Waals surface area contributed by atoms with E-state index in [0.29, 0.717) is 24.9 Å². The second-order valence-corrected chi connectivity index (χ2v) is 5.38. The Morgan fingerprint density at radius 2 is 1.94 bits per heavy atom. The maximum absolute atomic E-state index is 15.0. The van der Waals surface area contributed by atoms with Gasteiger partial charge in [0.05, 0.1) is 0 Å². The van der Waals surface area contributed by atoms with Crippen LogP contribution in [0, 0.1) is 6.92 Å². The molecular weight excluding hydrogens is 201 g/mol. The van der Waals surface area contributed by atoms with Gasteiger partial charge in [-0.1, -0.05) is 29.8 Å². The van der Waals surface area contributed by atoms with Crippen molar-refractivity contribution in [1.29, 1.82) is 0 Å². The van der Waals surface area contributed by atoms with Gasteiger partial charge < -0.3 is 5.32 Å². The molecule has 16 heavy (non-hydrogen) atoms. The summed E-state index contributed by atoms with van der Waals surface area (Å²) in [5.74, 6) is 0. The largest absolute Gasteiger partial charge is 0.311 e. The summed E-state index contributed by atoms with van der Waals surface area (Å²) in [5, 5.41) is 3.49. The zero-order chi connectivity index (χ0) is 11.2. The zero-order valence-corrected chi connectivity index (χ0v) is 9.67.